The van der Waals surface area contributed by atoms with Crippen LogP contribution in [0.1, 0.15) is 22.3 Å². The van der Waals surface area contributed by atoms with Gasteiger partial charge in [-0.3, -0.25) is 4.79 Å². The van der Waals surface area contributed by atoms with E-state index in [4.69, 9.17) is 4.74 Å². The van der Waals surface area contributed by atoms with E-state index < -0.39 is 29.7 Å². The molecule has 0 aliphatic carbocycles. The minimum absolute atomic E-state index is 0.0450. The molecule has 1 amide bonds. The van der Waals surface area contributed by atoms with Crippen molar-refractivity contribution in [1.82, 2.24) is 4.90 Å². The Morgan fingerprint density at radius 1 is 0.923 bits per heavy atom. The molecule has 204 valence electrons. The van der Waals surface area contributed by atoms with E-state index in [1.165, 1.54) is 29.2 Å². The summed E-state index contributed by atoms with van der Waals surface area (Å²) in [6.45, 7) is 2.89. The van der Waals surface area contributed by atoms with E-state index >= 15 is 0 Å². The van der Waals surface area contributed by atoms with Crippen LogP contribution in [0, 0.1) is 0 Å². The van der Waals surface area contributed by atoms with Crippen LogP contribution >= 0.6 is 0 Å². The average molecular weight is 539 g/mol. The van der Waals surface area contributed by atoms with Crippen LogP contribution < -0.4 is 4.90 Å². The number of halogens is 3. The van der Waals surface area contributed by atoms with Gasteiger partial charge in [-0.1, -0.05) is 54.6 Å². The second-order valence-corrected chi connectivity index (χ2v) is 9.23. The Balaban J connectivity index is 1.57. The van der Waals surface area contributed by atoms with Crippen LogP contribution in [-0.4, -0.2) is 54.2 Å². The number of amides is 1. The number of carboxylic acids is 1. The molecule has 1 N–H and O–H groups in total. The number of carbonyl (C=O) groups excluding carboxylic acids is 1. The van der Waals surface area contributed by atoms with Gasteiger partial charge in [-0.2, -0.15) is 13.2 Å². The first-order chi connectivity index (χ1) is 18.7. The van der Waals surface area contributed by atoms with Gasteiger partial charge in [0, 0.05) is 37.8 Å². The van der Waals surface area contributed by atoms with Gasteiger partial charge < -0.3 is 19.6 Å². The normalized spacial score (nSPS) is 14.8. The Morgan fingerprint density at radius 2 is 1.56 bits per heavy atom. The molecule has 0 spiro atoms. The minimum Gasteiger partial charge on any atom is -0.480 e. The summed E-state index contributed by atoms with van der Waals surface area (Å²) in [7, 11) is 0. The minimum atomic E-state index is -4.46. The highest BCUT2D eigenvalue weighted by Crippen LogP contribution is 2.29. The van der Waals surface area contributed by atoms with Gasteiger partial charge in [-0.15, -0.1) is 0 Å². The zero-order chi connectivity index (χ0) is 27.8. The maximum Gasteiger partial charge on any atom is 0.416 e. The number of carbonyl (C=O) groups is 2. The molecule has 0 aromatic heterocycles. The molecule has 0 unspecified atom stereocenters. The van der Waals surface area contributed by atoms with Crippen molar-refractivity contribution in [3.63, 3.8) is 0 Å². The summed E-state index contributed by atoms with van der Waals surface area (Å²) >= 11 is 0. The van der Waals surface area contributed by atoms with Crippen molar-refractivity contribution in [1.29, 1.82) is 0 Å². The molecule has 1 fully saturated rings. The van der Waals surface area contributed by atoms with E-state index in [9.17, 15) is 27.9 Å². The third-order valence-corrected chi connectivity index (χ3v) is 6.54. The van der Waals surface area contributed by atoms with Crippen molar-refractivity contribution < 1.29 is 32.6 Å². The zero-order valence-corrected chi connectivity index (χ0v) is 21.2. The van der Waals surface area contributed by atoms with E-state index in [0.717, 1.165) is 42.0 Å². The summed E-state index contributed by atoms with van der Waals surface area (Å²) in [5, 5.41) is 10.1. The summed E-state index contributed by atoms with van der Waals surface area (Å²) in [6, 6.07) is 19.9. The lowest BCUT2D eigenvalue weighted by Crippen LogP contribution is -2.45. The molecule has 1 aliphatic rings. The number of rotatable bonds is 9. The Kier molecular flexibility index (Phi) is 9.03. The van der Waals surface area contributed by atoms with Crippen LogP contribution in [0.2, 0.25) is 0 Å². The van der Waals surface area contributed by atoms with Gasteiger partial charge in [0.2, 0.25) is 5.91 Å². The van der Waals surface area contributed by atoms with E-state index in [0.29, 0.717) is 18.8 Å². The maximum absolute atomic E-state index is 13.4. The molecule has 1 atom stereocenters. The summed E-state index contributed by atoms with van der Waals surface area (Å²) in [5.41, 5.74) is 2.13. The number of hydrogen-bond acceptors (Lipinski definition) is 4. The fraction of sp³-hybridized carbons (Fsp3) is 0.267. The smallest absolute Gasteiger partial charge is 0.416 e. The molecule has 3 aromatic carbocycles. The van der Waals surface area contributed by atoms with Crippen LogP contribution in [0.15, 0.2) is 84.9 Å². The molecule has 1 aliphatic heterocycles. The van der Waals surface area contributed by atoms with Crippen molar-refractivity contribution >= 4 is 23.6 Å². The Labute approximate surface area is 224 Å². The molecule has 39 heavy (non-hydrogen) atoms. The summed E-state index contributed by atoms with van der Waals surface area (Å²) in [6.07, 6.45) is -1.77. The number of hydrogen-bond donors (Lipinski definition) is 1. The molecule has 0 bridgehead atoms. The summed E-state index contributed by atoms with van der Waals surface area (Å²) in [4.78, 5) is 29.2. The second-order valence-electron chi connectivity index (χ2n) is 9.23. The lowest BCUT2D eigenvalue weighted by molar-refractivity contribution is -0.148. The van der Waals surface area contributed by atoms with Gasteiger partial charge >= 0.3 is 12.1 Å². The van der Waals surface area contributed by atoms with Crippen molar-refractivity contribution in [2.45, 2.75) is 25.2 Å². The number of morpholine rings is 1. The molecule has 4 rings (SSSR count). The van der Waals surface area contributed by atoms with E-state index in [1.54, 1.807) is 24.3 Å². The average Bonchev–Trinajstić information content (AvgIpc) is 2.94. The Morgan fingerprint density at radius 3 is 2.15 bits per heavy atom. The van der Waals surface area contributed by atoms with Gasteiger partial charge in [0.05, 0.1) is 18.8 Å². The lowest BCUT2D eigenvalue weighted by atomic mass is 10.0. The van der Waals surface area contributed by atoms with Gasteiger partial charge in [0.15, 0.2) is 0 Å². The molecule has 6 nitrogen and oxygen atoms in total. The first-order valence-electron chi connectivity index (χ1n) is 12.5. The fourth-order valence-corrected chi connectivity index (χ4v) is 4.39. The predicted molar refractivity (Wildman–Crippen MR) is 142 cm³/mol. The third-order valence-electron chi connectivity index (χ3n) is 6.54. The van der Waals surface area contributed by atoms with Gasteiger partial charge in [-0.05, 0) is 47.0 Å². The Hall–Kier alpha value is -4.11. The number of benzene rings is 3. The zero-order valence-electron chi connectivity index (χ0n) is 21.2. The summed E-state index contributed by atoms with van der Waals surface area (Å²) in [5.74, 6) is -1.71. The van der Waals surface area contributed by atoms with Gasteiger partial charge in [0.25, 0.3) is 0 Å². The molecule has 1 saturated heterocycles. The monoisotopic (exact) mass is 538 g/mol. The fourth-order valence-electron chi connectivity index (χ4n) is 4.39. The molecule has 0 saturated carbocycles. The van der Waals surface area contributed by atoms with Crippen molar-refractivity contribution in [2.24, 2.45) is 0 Å². The van der Waals surface area contributed by atoms with Crippen molar-refractivity contribution in [3.8, 4) is 0 Å². The maximum atomic E-state index is 13.4. The SMILES string of the molecule is O=C(O)[C@H](Cc1ccccc1)N(Cc1ccc(N2CCOCC2)cc1)C(=O)/C=C/c1ccc(C(F)(F)F)cc1. The van der Waals surface area contributed by atoms with Crippen molar-refractivity contribution in [3.05, 3.63) is 107 Å². The van der Waals surface area contributed by atoms with E-state index in [1.807, 2.05) is 30.3 Å². The molecule has 3 aromatic rings. The number of alkyl halides is 3. The largest absolute Gasteiger partial charge is 0.480 e. The highest BCUT2D eigenvalue weighted by molar-refractivity contribution is 5.94. The van der Waals surface area contributed by atoms with Crippen LogP contribution in [0.4, 0.5) is 18.9 Å². The molecule has 0 radical (unpaired) electrons. The Bertz CT molecular complexity index is 1270. The number of carboxylic acid groups (broad SMARTS) is 1. The highest BCUT2D eigenvalue weighted by Gasteiger charge is 2.30. The van der Waals surface area contributed by atoms with Crippen LogP contribution in [0.25, 0.3) is 6.08 Å². The number of nitrogens with zero attached hydrogens (tertiary/aromatic N) is 2. The topological polar surface area (TPSA) is 70.1 Å². The molecule has 9 heteroatoms. The second kappa shape index (κ2) is 12.6. The molecule has 1 heterocycles. The molecular weight excluding hydrogens is 509 g/mol. The highest BCUT2D eigenvalue weighted by atomic mass is 19.4. The van der Waals surface area contributed by atoms with Gasteiger partial charge in [-0.25, -0.2) is 4.79 Å². The number of anilines is 1. The summed E-state index contributed by atoms with van der Waals surface area (Å²) < 4.78 is 44.0. The molecular formula is C30H29F3N2O4. The van der Waals surface area contributed by atoms with Crippen LogP contribution in [0.3, 0.4) is 0 Å². The number of ether oxygens (including phenoxy) is 1. The lowest BCUT2D eigenvalue weighted by Gasteiger charge is -2.30. The van der Waals surface area contributed by atoms with Crippen molar-refractivity contribution in [2.75, 3.05) is 31.2 Å². The van der Waals surface area contributed by atoms with E-state index in [-0.39, 0.29) is 13.0 Å². The standard InChI is InChI=1S/C30H29F3N2O4/c31-30(32,33)25-11-6-22(7-12-25)10-15-28(36)35(27(29(37)38)20-23-4-2-1-3-5-23)21-24-8-13-26(14-9-24)34-16-18-39-19-17-34/h1-15,27H,16-21H2,(H,37,38)/b15-10+/t27-/m0/s1. The first kappa shape index (κ1) is 27.9. The first-order valence-corrected chi connectivity index (χ1v) is 12.5. The predicted octanol–water partition coefficient (Wildman–Crippen LogP) is 5.28. The van der Waals surface area contributed by atoms with E-state index in [2.05, 4.69) is 4.90 Å². The van der Waals surface area contributed by atoms with Gasteiger partial charge in [0.1, 0.15) is 6.04 Å². The quantitative estimate of drug-likeness (QED) is 0.376. The number of aliphatic carboxylic acids is 1. The van der Waals surface area contributed by atoms with Crippen LogP contribution in [-0.2, 0) is 33.5 Å². The van der Waals surface area contributed by atoms with Crippen LogP contribution in [0.5, 0.6) is 0 Å². The third kappa shape index (κ3) is 7.70.